The van der Waals surface area contributed by atoms with E-state index in [9.17, 15) is 13.5 Å². The van der Waals surface area contributed by atoms with Crippen LogP contribution >= 0.6 is 0 Å². The largest absolute Gasteiger partial charge is 0.392 e. The summed E-state index contributed by atoms with van der Waals surface area (Å²) in [5, 5.41) is 9.68. The normalized spacial score (nSPS) is 24.8. The minimum atomic E-state index is -3.07. The van der Waals surface area contributed by atoms with Crippen LogP contribution in [0.15, 0.2) is 0 Å². The molecule has 1 fully saturated rings. The maximum absolute atomic E-state index is 10.9. The van der Waals surface area contributed by atoms with Gasteiger partial charge in [-0.15, -0.1) is 0 Å². The summed E-state index contributed by atoms with van der Waals surface area (Å²) < 4.78 is 24.3. The number of sulfonamides is 1. The molecule has 2 atom stereocenters. The van der Waals surface area contributed by atoms with Crippen LogP contribution in [0.1, 0.15) is 32.6 Å². The number of rotatable bonds is 6. The van der Waals surface area contributed by atoms with Crippen LogP contribution in [0.25, 0.3) is 0 Å². The lowest BCUT2D eigenvalue weighted by molar-refractivity contribution is 0.0361. The molecular formula is C11H24N2O3S. The molecule has 1 saturated heterocycles. The molecule has 1 aliphatic rings. The SMILES string of the molecule is CC(O)C1CCCCN1CCCNS(C)(=O)=O. The van der Waals surface area contributed by atoms with E-state index in [1.807, 2.05) is 6.92 Å². The van der Waals surface area contributed by atoms with Crippen molar-refractivity contribution in [2.75, 3.05) is 25.9 Å². The fraction of sp³-hybridized carbons (Fsp3) is 1.00. The highest BCUT2D eigenvalue weighted by Gasteiger charge is 2.25. The quantitative estimate of drug-likeness (QED) is 0.671. The standard InChI is InChI=1S/C11H24N2O3S/c1-10(14)11-6-3-4-8-13(11)9-5-7-12-17(2,15)16/h10-12,14H,3-9H2,1-2H3. The number of nitrogens with zero attached hydrogens (tertiary/aromatic N) is 1. The van der Waals surface area contributed by atoms with Gasteiger partial charge in [0.2, 0.25) is 10.0 Å². The minimum Gasteiger partial charge on any atom is -0.392 e. The predicted octanol–water partition coefficient (Wildman–Crippen LogP) is 0.161. The number of hydrogen-bond acceptors (Lipinski definition) is 4. The van der Waals surface area contributed by atoms with E-state index >= 15 is 0 Å². The number of aliphatic hydroxyl groups is 1. The number of nitrogens with one attached hydrogen (secondary N) is 1. The topological polar surface area (TPSA) is 69.6 Å². The first kappa shape index (κ1) is 14.9. The molecular weight excluding hydrogens is 240 g/mol. The van der Waals surface area contributed by atoms with Crippen molar-refractivity contribution in [1.29, 1.82) is 0 Å². The molecule has 0 aromatic carbocycles. The first-order valence-electron chi connectivity index (χ1n) is 6.27. The van der Waals surface area contributed by atoms with Gasteiger partial charge in [0.1, 0.15) is 0 Å². The van der Waals surface area contributed by atoms with Gasteiger partial charge in [-0.25, -0.2) is 13.1 Å². The van der Waals surface area contributed by atoms with Crippen LogP contribution in [0.4, 0.5) is 0 Å². The zero-order valence-electron chi connectivity index (χ0n) is 10.7. The molecule has 0 saturated carbocycles. The number of hydrogen-bond donors (Lipinski definition) is 2. The lowest BCUT2D eigenvalue weighted by Crippen LogP contribution is -2.46. The van der Waals surface area contributed by atoms with E-state index in [1.165, 1.54) is 19.1 Å². The highest BCUT2D eigenvalue weighted by atomic mass is 32.2. The van der Waals surface area contributed by atoms with Gasteiger partial charge >= 0.3 is 0 Å². The Hall–Kier alpha value is -0.170. The molecule has 0 radical (unpaired) electrons. The second-order valence-electron chi connectivity index (χ2n) is 4.86. The van der Waals surface area contributed by atoms with Gasteiger partial charge in [-0.05, 0) is 39.3 Å². The van der Waals surface area contributed by atoms with Crippen LogP contribution < -0.4 is 4.72 Å². The van der Waals surface area contributed by atoms with Crippen LogP contribution in [-0.2, 0) is 10.0 Å². The second kappa shape index (κ2) is 6.68. The fourth-order valence-corrected chi connectivity index (χ4v) is 2.90. The highest BCUT2D eigenvalue weighted by Crippen LogP contribution is 2.19. The van der Waals surface area contributed by atoms with Gasteiger partial charge in [-0.2, -0.15) is 0 Å². The molecule has 1 aliphatic heterocycles. The van der Waals surface area contributed by atoms with E-state index in [1.54, 1.807) is 0 Å². The zero-order valence-corrected chi connectivity index (χ0v) is 11.5. The van der Waals surface area contributed by atoms with E-state index in [-0.39, 0.29) is 12.1 Å². The van der Waals surface area contributed by atoms with E-state index in [2.05, 4.69) is 9.62 Å². The maximum Gasteiger partial charge on any atom is 0.208 e. The summed E-state index contributed by atoms with van der Waals surface area (Å²) >= 11 is 0. The van der Waals surface area contributed by atoms with Gasteiger partial charge in [-0.3, -0.25) is 4.90 Å². The van der Waals surface area contributed by atoms with Gasteiger partial charge in [0, 0.05) is 12.6 Å². The highest BCUT2D eigenvalue weighted by molar-refractivity contribution is 7.88. The lowest BCUT2D eigenvalue weighted by atomic mass is 9.98. The first-order chi connectivity index (χ1) is 7.90. The maximum atomic E-state index is 10.9. The summed E-state index contributed by atoms with van der Waals surface area (Å²) in [7, 11) is -3.07. The molecule has 0 spiro atoms. The monoisotopic (exact) mass is 264 g/mol. The van der Waals surface area contributed by atoms with Crippen molar-refractivity contribution in [2.45, 2.75) is 44.8 Å². The minimum absolute atomic E-state index is 0.238. The molecule has 6 heteroatoms. The molecule has 1 rings (SSSR count). The van der Waals surface area contributed by atoms with Crippen molar-refractivity contribution in [3.63, 3.8) is 0 Å². The third kappa shape index (κ3) is 5.81. The molecule has 0 aromatic rings. The summed E-state index contributed by atoms with van der Waals surface area (Å²) in [5.74, 6) is 0. The van der Waals surface area contributed by atoms with Crippen LogP contribution in [0.5, 0.6) is 0 Å². The van der Waals surface area contributed by atoms with E-state index < -0.39 is 10.0 Å². The predicted molar refractivity (Wildman–Crippen MR) is 68.4 cm³/mol. The summed E-state index contributed by atoms with van der Waals surface area (Å²) in [6.07, 6.45) is 5.04. The van der Waals surface area contributed by atoms with Crippen molar-refractivity contribution in [1.82, 2.24) is 9.62 Å². The van der Waals surface area contributed by atoms with Crippen LogP contribution in [0.3, 0.4) is 0 Å². The summed E-state index contributed by atoms with van der Waals surface area (Å²) in [4.78, 5) is 2.28. The molecule has 5 nitrogen and oxygen atoms in total. The summed E-state index contributed by atoms with van der Waals surface area (Å²) in [6.45, 7) is 4.16. The van der Waals surface area contributed by atoms with Crippen molar-refractivity contribution in [3.05, 3.63) is 0 Å². The average Bonchev–Trinajstić information content (AvgIpc) is 2.23. The molecule has 0 aliphatic carbocycles. The Morgan fingerprint density at radius 1 is 1.47 bits per heavy atom. The molecule has 102 valence electrons. The Morgan fingerprint density at radius 2 is 2.18 bits per heavy atom. The molecule has 17 heavy (non-hydrogen) atoms. The van der Waals surface area contributed by atoms with Crippen molar-refractivity contribution in [2.24, 2.45) is 0 Å². The van der Waals surface area contributed by atoms with Gasteiger partial charge < -0.3 is 5.11 Å². The summed E-state index contributed by atoms with van der Waals surface area (Å²) in [6, 6.07) is 0.238. The zero-order chi connectivity index (χ0) is 12.9. The third-order valence-electron chi connectivity index (χ3n) is 3.21. The molecule has 0 bridgehead atoms. The number of likely N-dealkylation sites (tertiary alicyclic amines) is 1. The molecule has 0 aromatic heterocycles. The van der Waals surface area contributed by atoms with Gasteiger partial charge in [0.15, 0.2) is 0 Å². The number of aliphatic hydroxyl groups excluding tert-OH is 1. The first-order valence-corrected chi connectivity index (χ1v) is 8.16. The van der Waals surface area contributed by atoms with Gasteiger partial charge in [0.25, 0.3) is 0 Å². The van der Waals surface area contributed by atoms with Gasteiger partial charge in [-0.1, -0.05) is 6.42 Å². The Balaban J connectivity index is 2.29. The van der Waals surface area contributed by atoms with Crippen LogP contribution in [0.2, 0.25) is 0 Å². The molecule has 1 heterocycles. The van der Waals surface area contributed by atoms with Crippen LogP contribution in [-0.4, -0.2) is 56.5 Å². The Bertz CT molecular complexity index is 317. The second-order valence-corrected chi connectivity index (χ2v) is 6.69. The Morgan fingerprint density at radius 3 is 2.76 bits per heavy atom. The fourth-order valence-electron chi connectivity index (χ4n) is 2.38. The lowest BCUT2D eigenvalue weighted by Gasteiger charge is -2.37. The van der Waals surface area contributed by atoms with E-state index in [0.29, 0.717) is 6.54 Å². The molecule has 2 N–H and O–H groups in total. The molecule has 2 unspecified atom stereocenters. The molecule has 0 amide bonds. The number of piperidine rings is 1. The Kier molecular flexibility index (Phi) is 5.85. The van der Waals surface area contributed by atoms with Crippen molar-refractivity contribution >= 4 is 10.0 Å². The summed E-state index contributed by atoms with van der Waals surface area (Å²) in [5.41, 5.74) is 0. The van der Waals surface area contributed by atoms with Crippen molar-refractivity contribution in [3.8, 4) is 0 Å². The third-order valence-corrected chi connectivity index (χ3v) is 3.94. The average molecular weight is 264 g/mol. The van der Waals surface area contributed by atoms with E-state index in [0.717, 1.165) is 25.9 Å². The van der Waals surface area contributed by atoms with Crippen LogP contribution in [0, 0.1) is 0 Å². The Labute approximate surface area is 104 Å². The van der Waals surface area contributed by atoms with E-state index in [4.69, 9.17) is 0 Å². The van der Waals surface area contributed by atoms with Crippen molar-refractivity contribution < 1.29 is 13.5 Å². The smallest absolute Gasteiger partial charge is 0.208 e. The van der Waals surface area contributed by atoms with Gasteiger partial charge in [0.05, 0.1) is 12.4 Å².